The molecule has 5 fully saturated rings. The maximum Gasteiger partial charge on any atom is 0.327 e. The molecule has 1 saturated carbocycles. The van der Waals surface area contributed by atoms with Crippen molar-refractivity contribution < 1.29 is 52.9 Å². The van der Waals surface area contributed by atoms with Crippen LogP contribution in [0.1, 0.15) is 75.1 Å². The zero-order valence-electron chi connectivity index (χ0n) is 36.3. The lowest BCUT2D eigenvalue weighted by molar-refractivity contribution is -0.214. The van der Waals surface area contributed by atoms with Crippen LogP contribution in [0, 0.1) is 5.41 Å². The topological polar surface area (TPSA) is 173 Å². The van der Waals surface area contributed by atoms with Crippen molar-refractivity contribution in [2.75, 3.05) is 27.2 Å². The molecule has 1 aliphatic carbocycles. The van der Waals surface area contributed by atoms with Crippen LogP contribution in [0.5, 0.6) is 0 Å². The number of ether oxygens (including phenoxy) is 4. The van der Waals surface area contributed by atoms with E-state index in [-0.39, 0.29) is 38.3 Å². The first-order valence-corrected chi connectivity index (χ1v) is 21.7. The second kappa shape index (κ2) is 17.6. The summed E-state index contributed by atoms with van der Waals surface area (Å²) in [5.74, 6) is -3.64. The number of hydrogen-bond acceptors (Lipinski definition) is 12. The quantitative estimate of drug-likeness (QED) is 0.188. The third-order valence-electron chi connectivity index (χ3n) is 12.5. The number of carbonyl (C=O) groups excluding carboxylic acids is 5. The molecule has 2 N–H and O–H groups in total. The van der Waals surface area contributed by atoms with Crippen molar-refractivity contribution in [3.8, 4) is 0 Å². The number of aliphatic hydroxyl groups is 1. The van der Waals surface area contributed by atoms with Gasteiger partial charge in [-0.3, -0.25) is 28.8 Å². The normalized spacial score (nSPS) is 27.7. The predicted molar refractivity (Wildman–Crippen MR) is 228 cm³/mol. The molecule has 4 heterocycles. The maximum absolute atomic E-state index is 15.7. The standard InChI is InChI=1S/C48H56N4O11/c1-46(2,3)60-38(55)24-22-34(29-53)49-43(56)35-20-13-25-51(35)45(58)47-27-36-39-40(62-48(61-39,32-16-8-6-9-17-32)33-18-10-7-11-19-33)42(47)63-52(41(47)44(57)59-36)28-31-15-12-14-30(26-31)21-23-37(54)50(4)5/h6-12,14-19,21,23,26,34-36,39-42,53H,13,20,22,24-25,27-29H2,1-5H3,(H,49,56)/t34-,35+,36-,39-,40-,41-,42+,47-/m0/s1. The Morgan fingerprint density at radius 1 is 0.968 bits per heavy atom. The van der Waals surface area contributed by atoms with Crippen molar-refractivity contribution in [3.05, 3.63) is 113 Å². The lowest BCUT2D eigenvalue weighted by Crippen LogP contribution is -2.70. The highest BCUT2D eigenvalue weighted by Crippen LogP contribution is 2.60. The molecule has 3 aromatic rings. The van der Waals surface area contributed by atoms with E-state index in [1.165, 1.54) is 20.9 Å². The summed E-state index contributed by atoms with van der Waals surface area (Å²) in [6.07, 6.45) is 0.495. The van der Waals surface area contributed by atoms with E-state index in [0.717, 1.165) is 11.1 Å². The van der Waals surface area contributed by atoms with Crippen LogP contribution in [0.25, 0.3) is 6.08 Å². The van der Waals surface area contributed by atoms with Gasteiger partial charge in [-0.05, 0) is 57.2 Å². The van der Waals surface area contributed by atoms with Gasteiger partial charge in [0.2, 0.25) is 23.5 Å². The molecule has 15 nitrogen and oxygen atoms in total. The van der Waals surface area contributed by atoms with Gasteiger partial charge in [-0.1, -0.05) is 84.9 Å². The number of likely N-dealkylation sites (N-methyl/N-ethyl adjacent to an activating group) is 1. The minimum atomic E-state index is -1.57. The highest BCUT2D eigenvalue weighted by atomic mass is 16.8. The molecule has 5 aliphatic rings. The smallest absolute Gasteiger partial charge is 0.327 e. The molecule has 4 saturated heterocycles. The van der Waals surface area contributed by atoms with Crippen LogP contribution < -0.4 is 5.32 Å². The molecule has 2 bridgehead atoms. The molecule has 0 radical (unpaired) electrons. The van der Waals surface area contributed by atoms with E-state index in [1.807, 2.05) is 84.9 Å². The summed E-state index contributed by atoms with van der Waals surface area (Å²) in [5.41, 5.74) is 0.650. The number of aliphatic hydroxyl groups excluding tert-OH is 1. The summed E-state index contributed by atoms with van der Waals surface area (Å²) >= 11 is 0. The summed E-state index contributed by atoms with van der Waals surface area (Å²) in [5, 5.41) is 14.6. The second-order valence-electron chi connectivity index (χ2n) is 18.2. The molecule has 8 rings (SSSR count). The Morgan fingerprint density at radius 3 is 2.30 bits per heavy atom. The Labute approximate surface area is 367 Å². The van der Waals surface area contributed by atoms with Crippen molar-refractivity contribution in [2.24, 2.45) is 5.41 Å². The van der Waals surface area contributed by atoms with E-state index in [0.29, 0.717) is 24.0 Å². The van der Waals surface area contributed by atoms with Crippen molar-refractivity contribution in [1.29, 1.82) is 0 Å². The Morgan fingerprint density at radius 2 is 1.65 bits per heavy atom. The number of fused-ring (bicyclic) bond motifs is 4. The molecule has 0 spiro atoms. The summed E-state index contributed by atoms with van der Waals surface area (Å²) in [6.45, 7) is 5.18. The highest BCUT2D eigenvalue weighted by molar-refractivity contribution is 5.97. The summed E-state index contributed by atoms with van der Waals surface area (Å²) in [4.78, 5) is 79.1. The SMILES string of the molecule is CN(C)C(=O)C=Cc1cccc(CN2O[C@@H]3[C@H]4OC(c5ccccc5)(c5ccccc5)O[C@H]4[C@@H]4C[C@]3(C(=O)N3CCC[C@@H]3C(=O)N[C@H](CO)CCC(=O)OC(C)(C)C)[C@@H]2C(=O)O4)c1. The number of esters is 2. The Hall–Kier alpha value is -5.45. The monoisotopic (exact) mass is 864 g/mol. The average Bonchev–Trinajstić information content (AvgIpc) is 4.01. The van der Waals surface area contributed by atoms with Gasteiger partial charge in [-0.15, -0.1) is 0 Å². The summed E-state index contributed by atoms with van der Waals surface area (Å²) in [6, 6.07) is 23.5. The average molecular weight is 865 g/mol. The number of benzene rings is 3. The predicted octanol–water partition coefficient (Wildman–Crippen LogP) is 3.86. The van der Waals surface area contributed by atoms with Gasteiger partial charge in [-0.2, -0.15) is 5.06 Å². The van der Waals surface area contributed by atoms with E-state index in [2.05, 4.69) is 5.32 Å². The largest absolute Gasteiger partial charge is 0.460 e. The Balaban J connectivity index is 1.14. The first-order valence-electron chi connectivity index (χ1n) is 21.7. The molecular formula is C48H56N4O11. The van der Waals surface area contributed by atoms with Gasteiger partial charge < -0.3 is 39.2 Å². The van der Waals surface area contributed by atoms with Crippen LogP contribution in [-0.2, 0) is 60.1 Å². The van der Waals surface area contributed by atoms with Gasteiger partial charge in [0.15, 0.2) is 6.04 Å². The Kier molecular flexibility index (Phi) is 12.3. The van der Waals surface area contributed by atoms with Gasteiger partial charge in [0.25, 0.3) is 0 Å². The second-order valence-corrected chi connectivity index (χ2v) is 18.2. The van der Waals surface area contributed by atoms with Crippen LogP contribution in [0.3, 0.4) is 0 Å². The molecule has 334 valence electrons. The fourth-order valence-electron chi connectivity index (χ4n) is 9.70. The molecule has 8 atom stereocenters. The van der Waals surface area contributed by atoms with Crippen LogP contribution >= 0.6 is 0 Å². The fourth-order valence-corrected chi connectivity index (χ4v) is 9.70. The number of likely N-dealkylation sites (tertiary alicyclic amines) is 1. The molecule has 3 aromatic carbocycles. The van der Waals surface area contributed by atoms with E-state index in [4.69, 9.17) is 23.8 Å². The first-order chi connectivity index (χ1) is 30.1. The van der Waals surface area contributed by atoms with Gasteiger partial charge in [0, 0.05) is 50.7 Å². The van der Waals surface area contributed by atoms with Gasteiger partial charge >= 0.3 is 11.9 Å². The first kappa shape index (κ1) is 44.2. The third kappa shape index (κ3) is 8.52. The number of nitrogens with one attached hydrogen (secondary N) is 1. The number of amides is 3. The van der Waals surface area contributed by atoms with Crippen molar-refractivity contribution in [3.63, 3.8) is 0 Å². The van der Waals surface area contributed by atoms with Crippen LogP contribution in [0.2, 0.25) is 0 Å². The van der Waals surface area contributed by atoms with Crippen molar-refractivity contribution in [2.45, 2.75) is 113 Å². The van der Waals surface area contributed by atoms with E-state index >= 15 is 4.79 Å². The number of rotatable bonds is 13. The van der Waals surface area contributed by atoms with E-state index < -0.39 is 89.7 Å². The van der Waals surface area contributed by atoms with Gasteiger partial charge in [-0.25, -0.2) is 0 Å². The summed E-state index contributed by atoms with van der Waals surface area (Å²) < 4.78 is 25.8. The van der Waals surface area contributed by atoms with Gasteiger partial charge in [0.05, 0.1) is 19.2 Å². The van der Waals surface area contributed by atoms with Crippen LogP contribution in [0.4, 0.5) is 0 Å². The summed E-state index contributed by atoms with van der Waals surface area (Å²) in [7, 11) is 3.34. The lowest BCUT2D eigenvalue weighted by atomic mass is 9.62. The number of nitrogens with zero attached hydrogens (tertiary/aromatic N) is 3. The highest BCUT2D eigenvalue weighted by Gasteiger charge is 2.77. The molecule has 4 aliphatic heterocycles. The minimum absolute atomic E-state index is 0.0231. The molecule has 0 aromatic heterocycles. The molecule has 0 unspecified atom stereocenters. The van der Waals surface area contributed by atoms with Crippen molar-refractivity contribution >= 4 is 35.7 Å². The van der Waals surface area contributed by atoms with Crippen LogP contribution in [0.15, 0.2) is 91.0 Å². The van der Waals surface area contributed by atoms with Gasteiger partial charge in [0.1, 0.15) is 41.5 Å². The van der Waals surface area contributed by atoms with Crippen molar-refractivity contribution in [1.82, 2.24) is 20.2 Å². The fraction of sp³-hybridized carbons (Fsp3) is 0.479. The zero-order valence-corrected chi connectivity index (χ0v) is 36.3. The minimum Gasteiger partial charge on any atom is -0.460 e. The lowest BCUT2D eigenvalue weighted by Gasteiger charge is -2.50. The van der Waals surface area contributed by atoms with Crippen LogP contribution in [-0.4, -0.2) is 125 Å². The third-order valence-corrected chi connectivity index (χ3v) is 12.5. The van der Waals surface area contributed by atoms with E-state index in [9.17, 15) is 24.3 Å². The maximum atomic E-state index is 15.7. The molecular weight excluding hydrogens is 809 g/mol. The molecule has 3 amide bonds. The molecule has 63 heavy (non-hydrogen) atoms. The van der Waals surface area contributed by atoms with E-state index in [1.54, 1.807) is 40.9 Å². The molecule has 15 heteroatoms. The number of carbonyl (C=O) groups is 5. The number of hydroxylamine groups is 2. The zero-order chi connectivity index (χ0) is 44.7. The number of hydrogen-bond donors (Lipinski definition) is 2. The Bertz CT molecular complexity index is 2190.